The highest BCUT2D eigenvalue weighted by atomic mass is 32.2. The number of nitrogens with one attached hydrogen (secondary N) is 1. The van der Waals surface area contributed by atoms with E-state index in [2.05, 4.69) is 5.32 Å². The van der Waals surface area contributed by atoms with Gasteiger partial charge in [-0.15, -0.1) is 0 Å². The molecule has 2 atom stereocenters. The Bertz CT molecular complexity index is 394. The molecule has 2 unspecified atom stereocenters. The summed E-state index contributed by atoms with van der Waals surface area (Å²) in [5.74, 6) is 0.521. The van der Waals surface area contributed by atoms with E-state index < -0.39 is 9.84 Å². The van der Waals surface area contributed by atoms with Gasteiger partial charge >= 0.3 is 0 Å². The molecule has 0 saturated carbocycles. The van der Waals surface area contributed by atoms with Crippen LogP contribution in [0.3, 0.4) is 0 Å². The molecule has 1 amide bonds. The first-order chi connectivity index (χ1) is 7.97. The van der Waals surface area contributed by atoms with Gasteiger partial charge in [-0.05, 0) is 18.8 Å². The van der Waals surface area contributed by atoms with Crippen molar-refractivity contribution in [3.8, 4) is 0 Å². The highest BCUT2D eigenvalue weighted by Gasteiger charge is 2.37. The second kappa shape index (κ2) is 4.94. The standard InChI is InChI=1S/C11H20N2O3S/c1-17(15,16)6-4-11(14)13-5-2-3-9-7-12-8-10(9)13/h9-10,12H,2-8H2,1H3. The maximum atomic E-state index is 12.0. The van der Waals surface area contributed by atoms with Gasteiger partial charge in [-0.2, -0.15) is 0 Å². The summed E-state index contributed by atoms with van der Waals surface area (Å²) < 4.78 is 22.1. The van der Waals surface area contributed by atoms with E-state index in [1.54, 1.807) is 0 Å². The van der Waals surface area contributed by atoms with Gasteiger partial charge in [-0.1, -0.05) is 0 Å². The lowest BCUT2D eigenvalue weighted by molar-refractivity contribution is -0.134. The number of sulfone groups is 1. The lowest BCUT2D eigenvalue weighted by Crippen LogP contribution is -2.48. The number of carbonyl (C=O) groups excluding carboxylic acids is 1. The van der Waals surface area contributed by atoms with E-state index in [-0.39, 0.29) is 24.1 Å². The summed E-state index contributed by atoms with van der Waals surface area (Å²) in [6, 6.07) is 0.288. The molecule has 0 aromatic heterocycles. The third kappa shape index (κ3) is 3.19. The molecule has 2 fully saturated rings. The summed E-state index contributed by atoms with van der Waals surface area (Å²) in [6.07, 6.45) is 3.51. The Morgan fingerprint density at radius 2 is 2.18 bits per heavy atom. The van der Waals surface area contributed by atoms with Crippen molar-refractivity contribution in [3.05, 3.63) is 0 Å². The zero-order valence-corrected chi connectivity index (χ0v) is 11.0. The number of hydrogen-bond donors (Lipinski definition) is 1. The van der Waals surface area contributed by atoms with Gasteiger partial charge in [0.15, 0.2) is 0 Å². The van der Waals surface area contributed by atoms with Crippen molar-refractivity contribution < 1.29 is 13.2 Å². The predicted molar refractivity (Wildman–Crippen MR) is 65.4 cm³/mol. The Morgan fingerprint density at radius 3 is 2.88 bits per heavy atom. The van der Waals surface area contributed by atoms with Crippen LogP contribution in [0.25, 0.3) is 0 Å². The Morgan fingerprint density at radius 1 is 1.41 bits per heavy atom. The zero-order valence-electron chi connectivity index (χ0n) is 10.2. The predicted octanol–water partition coefficient (Wildman–Crippen LogP) is -0.368. The summed E-state index contributed by atoms with van der Waals surface area (Å²) in [6.45, 7) is 2.63. The maximum Gasteiger partial charge on any atom is 0.223 e. The number of fused-ring (bicyclic) bond motifs is 1. The molecule has 2 heterocycles. The van der Waals surface area contributed by atoms with Gasteiger partial charge in [-0.25, -0.2) is 8.42 Å². The molecule has 17 heavy (non-hydrogen) atoms. The number of likely N-dealkylation sites (tertiary alicyclic amines) is 1. The summed E-state index contributed by atoms with van der Waals surface area (Å²) in [4.78, 5) is 13.9. The molecule has 2 aliphatic rings. The number of rotatable bonds is 3. The monoisotopic (exact) mass is 260 g/mol. The third-order valence-electron chi connectivity index (χ3n) is 3.69. The van der Waals surface area contributed by atoms with Crippen LogP contribution in [-0.4, -0.2) is 56.9 Å². The number of carbonyl (C=O) groups is 1. The molecule has 2 aliphatic heterocycles. The first-order valence-corrected chi connectivity index (χ1v) is 8.21. The molecule has 0 aliphatic carbocycles. The summed E-state index contributed by atoms with van der Waals surface area (Å²) in [5.41, 5.74) is 0. The van der Waals surface area contributed by atoms with Crippen LogP contribution in [0.1, 0.15) is 19.3 Å². The molecule has 0 spiro atoms. The Labute approximate surface area is 102 Å². The quantitative estimate of drug-likeness (QED) is 0.752. The van der Waals surface area contributed by atoms with Crippen LogP contribution in [-0.2, 0) is 14.6 Å². The Kier molecular flexibility index (Phi) is 3.73. The first-order valence-electron chi connectivity index (χ1n) is 6.15. The average molecular weight is 260 g/mol. The van der Waals surface area contributed by atoms with Crippen LogP contribution in [0.15, 0.2) is 0 Å². The van der Waals surface area contributed by atoms with Gasteiger partial charge in [0.25, 0.3) is 0 Å². The Balaban J connectivity index is 1.94. The van der Waals surface area contributed by atoms with Gasteiger partial charge in [0.1, 0.15) is 9.84 Å². The second-order valence-electron chi connectivity index (χ2n) is 5.09. The van der Waals surface area contributed by atoms with Crippen LogP contribution in [0, 0.1) is 5.92 Å². The van der Waals surface area contributed by atoms with E-state index in [4.69, 9.17) is 0 Å². The van der Waals surface area contributed by atoms with E-state index >= 15 is 0 Å². The SMILES string of the molecule is CS(=O)(=O)CCC(=O)N1CCCC2CNCC21. The van der Waals surface area contributed by atoms with E-state index in [1.165, 1.54) is 12.7 Å². The van der Waals surface area contributed by atoms with Gasteiger partial charge in [0, 0.05) is 38.4 Å². The van der Waals surface area contributed by atoms with Crippen molar-refractivity contribution in [1.29, 1.82) is 0 Å². The van der Waals surface area contributed by atoms with Crippen LogP contribution in [0.2, 0.25) is 0 Å². The minimum absolute atomic E-state index is 0.00572. The summed E-state index contributed by atoms with van der Waals surface area (Å²) in [7, 11) is -3.04. The third-order valence-corrected chi connectivity index (χ3v) is 4.63. The number of piperidine rings is 1. The number of nitrogens with zero attached hydrogens (tertiary/aromatic N) is 1. The second-order valence-corrected chi connectivity index (χ2v) is 7.35. The lowest BCUT2D eigenvalue weighted by atomic mass is 9.92. The highest BCUT2D eigenvalue weighted by molar-refractivity contribution is 7.90. The fraction of sp³-hybridized carbons (Fsp3) is 0.909. The number of amides is 1. The van der Waals surface area contributed by atoms with Gasteiger partial charge in [-0.3, -0.25) is 4.79 Å². The van der Waals surface area contributed by atoms with Crippen LogP contribution in [0.5, 0.6) is 0 Å². The molecular weight excluding hydrogens is 240 g/mol. The van der Waals surface area contributed by atoms with E-state index in [0.29, 0.717) is 5.92 Å². The van der Waals surface area contributed by atoms with Crippen LogP contribution >= 0.6 is 0 Å². The van der Waals surface area contributed by atoms with E-state index in [0.717, 1.165) is 26.1 Å². The van der Waals surface area contributed by atoms with Gasteiger partial charge in [0.05, 0.1) is 5.75 Å². The summed E-state index contributed by atoms with van der Waals surface area (Å²) >= 11 is 0. The molecule has 2 saturated heterocycles. The minimum Gasteiger partial charge on any atom is -0.338 e. The fourth-order valence-corrected chi connectivity index (χ4v) is 3.34. The smallest absolute Gasteiger partial charge is 0.223 e. The molecular formula is C11H20N2O3S. The number of hydrogen-bond acceptors (Lipinski definition) is 4. The highest BCUT2D eigenvalue weighted by Crippen LogP contribution is 2.26. The van der Waals surface area contributed by atoms with Crippen molar-refractivity contribution >= 4 is 15.7 Å². The molecule has 0 aromatic rings. The molecule has 1 N–H and O–H groups in total. The van der Waals surface area contributed by atoms with Crippen molar-refractivity contribution in [2.75, 3.05) is 31.6 Å². The molecule has 6 heteroatoms. The van der Waals surface area contributed by atoms with Crippen LogP contribution < -0.4 is 5.32 Å². The van der Waals surface area contributed by atoms with Crippen molar-refractivity contribution in [2.24, 2.45) is 5.92 Å². The van der Waals surface area contributed by atoms with E-state index in [9.17, 15) is 13.2 Å². The zero-order chi connectivity index (χ0) is 12.5. The molecule has 98 valence electrons. The molecule has 0 radical (unpaired) electrons. The fourth-order valence-electron chi connectivity index (χ4n) is 2.79. The normalized spacial score (nSPS) is 29.1. The lowest BCUT2D eigenvalue weighted by Gasteiger charge is -2.37. The van der Waals surface area contributed by atoms with Crippen molar-refractivity contribution in [3.63, 3.8) is 0 Å². The maximum absolute atomic E-state index is 12.0. The van der Waals surface area contributed by atoms with E-state index in [1.807, 2.05) is 4.90 Å². The molecule has 5 nitrogen and oxygen atoms in total. The summed E-state index contributed by atoms with van der Waals surface area (Å²) in [5, 5.41) is 3.31. The van der Waals surface area contributed by atoms with Crippen molar-refractivity contribution in [2.45, 2.75) is 25.3 Å². The van der Waals surface area contributed by atoms with Crippen molar-refractivity contribution in [1.82, 2.24) is 10.2 Å². The molecule has 2 rings (SSSR count). The molecule has 0 aromatic carbocycles. The minimum atomic E-state index is -3.04. The molecule has 0 bridgehead atoms. The van der Waals surface area contributed by atoms with Gasteiger partial charge < -0.3 is 10.2 Å². The van der Waals surface area contributed by atoms with Gasteiger partial charge in [0.2, 0.25) is 5.91 Å². The topological polar surface area (TPSA) is 66.5 Å². The average Bonchev–Trinajstić information content (AvgIpc) is 2.72. The first kappa shape index (κ1) is 12.8. The Hall–Kier alpha value is -0.620. The largest absolute Gasteiger partial charge is 0.338 e. The van der Waals surface area contributed by atoms with Crippen LogP contribution in [0.4, 0.5) is 0 Å².